The molecule has 3 aliphatic heterocycles. The Labute approximate surface area is 211 Å². The first-order chi connectivity index (χ1) is 16.2. The molecule has 184 valence electrons. The van der Waals surface area contributed by atoms with Crippen molar-refractivity contribution in [2.45, 2.75) is 48.8 Å². The van der Waals surface area contributed by atoms with Gasteiger partial charge in [0.05, 0.1) is 28.6 Å². The van der Waals surface area contributed by atoms with Gasteiger partial charge in [-0.1, -0.05) is 45.7 Å². The zero-order chi connectivity index (χ0) is 24.8. The van der Waals surface area contributed by atoms with E-state index in [0.717, 1.165) is 5.56 Å². The highest BCUT2D eigenvalue weighted by Gasteiger charge is 2.76. The number of carboxylic acids is 1. The number of aliphatic hydroxyl groups excluding tert-OH is 1. The maximum absolute atomic E-state index is 14.3. The highest BCUT2D eigenvalue weighted by Crippen LogP contribution is 2.60. The Morgan fingerprint density at radius 2 is 2.15 bits per heavy atom. The minimum absolute atomic E-state index is 0.0452. The molecule has 0 radical (unpaired) electrons. The fourth-order valence-corrected chi connectivity index (χ4v) is 7.13. The van der Waals surface area contributed by atoms with E-state index >= 15 is 0 Å². The van der Waals surface area contributed by atoms with E-state index < -0.39 is 35.6 Å². The standard InChI is InChI=1S/C24H28BrClN2O6/c1-3-9-27(18-13(2)7-6-8-15(18)26)22(31)20-24-12-14(25)19(34-24)16(23(32)33)17(24)21(30)28(20)10-4-5-11-29/h3,6-8,14,16-17,19-20,29H,1,4-5,9-12H2,2H3,(H,32,33)/t14?,16-,17+,19-,20-,24+/m0/s1. The smallest absolute Gasteiger partial charge is 0.310 e. The molecule has 3 saturated heterocycles. The van der Waals surface area contributed by atoms with Crippen molar-refractivity contribution in [3.05, 3.63) is 41.4 Å². The number of rotatable bonds is 9. The summed E-state index contributed by atoms with van der Waals surface area (Å²) in [5.74, 6) is -3.88. The van der Waals surface area contributed by atoms with Crippen molar-refractivity contribution in [2.24, 2.45) is 11.8 Å². The number of nitrogens with zero attached hydrogens (tertiary/aromatic N) is 2. The van der Waals surface area contributed by atoms with Gasteiger partial charge >= 0.3 is 5.97 Å². The van der Waals surface area contributed by atoms with E-state index in [1.54, 1.807) is 18.2 Å². The van der Waals surface area contributed by atoms with E-state index in [0.29, 0.717) is 30.0 Å². The first-order valence-corrected chi connectivity index (χ1v) is 12.6. The summed E-state index contributed by atoms with van der Waals surface area (Å²) in [6.07, 6.45) is 2.16. The number of aryl methyl sites for hydroxylation is 1. The fourth-order valence-electron chi connectivity index (χ4n) is 5.86. The van der Waals surface area contributed by atoms with Gasteiger partial charge in [0.1, 0.15) is 11.6 Å². The summed E-state index contributed by atoms with van der Waals surface area (Å²) in [4.78, 5) is 42.8. The lowest BCUT2D eigenvalue weighted by Gasteiger charge is -2.37. The molecule has 1 aromatic carbocycles. The van der Waals surface area contributed by atoms with Gasteiger partial charge in [0.2, 0.25) is 5.91 Å². The topological polar surface area (TPSA) is 107 Å². The number of para-hydroxylation sites is 1. The molecule has 2 amide bonds. The number of hydrogen-bond acceptors (Lipinski definition) is 5. The normalized spacial score (nSPS) is 31.6. The Hall–Kier alpha value is -1.94. The summed E-state index contributed by atoms with van der Waals surface area (Å²) in [6.45, 7) is 5.95. The quantitative estimate of drug-likeness (QED) is 0.276. The van der Waals surface area contributed by atoms with Crippen molar-refractivity contribution in [2.75, 3.05) is 24.6 Å². The number of ether oxygens (including phenoxy) is 1. The van der Waals surface area contributed by atoms with Crippen LogP contribution in [0.4, 0.5) is 5.69 Å². The van der Waals surface area contributed by atoms with Crippen molar-refractivity contribution < 1.29 is 29.3 Å². The molecular weight excluding hydrogens is 528 g/mol. The Bertz CT molecular complexity index is 1000. The first-order valence-electron chi connectivity index (χ1n) is 11.3. The van der Waals surface area contributed by atoms with Gasteiger partial charge in [-0.05, 0) is 37.8 Å². The molecule has 2 N–H and O–H groups in total. The van der Waals surface area contributed by atoms with E-state index in [1.807, 2.05) is 13.0 Å². The molecule has 0 aromatic heterocycles. The van der Waals surface area contributed by atoms with Crippen molar-refractivity contribution >= 4 is 51.0 Å². The monoisotopic (exact) mass is 554 g/mol. The van der Waals surface area contributed by atoms with Gasteiger partial charge in [0.25, 0.3) is 5.91 Å². The number of carbonyl (C=O) groups excluding carboxylic acids is 2. The molecule has 3 aliphatic rings. The second kappa shape index (κ2) is 9.60. The van der Waals surface area contributed by atoms with Crippen LogP contribution in [-0.2, 0) is 19.1 Å². The number of unbranched alkanes of at least 4 members (excludes halogenated alkanes) is 1. The Balaban J connectivity index is 1.82. The van der Waals surface area contributed by atoms with E-state index in [2.05, 4.69) is 22.5 Å². The number of anilines is 1. The minimum atomic E-state index is -1.26. The minimum Gasteiger partial charge on any atom is -0.481 e. The number of halogens is 2. The molecule has 3 heterocycles. The largest absolute Gasteiger partial charge is 0.481 e. The van der Waals surface area contributed by atoms with Crippen LogP contribution in [0.5, 0.6) is 0 Å². The zero-order valence-electron chi connectivity index (χ0n) is 18.8. The number of alkyl halides is 1. The highest BCUT2D eigenvalue weighted by atomic mass is 79.9. The average Bonchev–Trinajstić information content (AvgIpc) is 3.36. The lowest BCUT2D eigenvalue weighted by Crippen LogP contribution is -2.57. The number of hydrogen-bond donors (Lipinski definition) is 2. The van der Waals surface area contributed by atoms with Crippen LogP contribution in [-0.4, -0.2) is 75.2 Å². The molecule has 1 aromatic rings. The highest BCUT2D eigenvalue weighted by molar-refractivity contribution is 9.09. The van der Waals surface area contributed by atoms with Gasteiger partial charge in [-0.2, -0.15) is 0 Å². The molecule has 6 atom stereocenters. The van der Waals surface area contributed by atoms with Crippen molar-refractivity contribution in [3.8, 4) is 0 Å². The van der Waals surface area contributed by atoms with Gasteiger partial charge in [0.15, 0.2) is 0 Å². The third-order valence-electron chi connectivity index (χ3n) is 7.15. The van der Waals surface area contributed by atoms with Gasteiger partial charge < -0.3 is 24.7 Å². The molecule has 0 aliphatic carbocycles. The Morgan fingerprint density at radius 3 is 2.76 bits per heavy atom. The lowest BCUT2D eigenvalue weighted by atomic mass is 9.70. The maximum Gasteiger partial charge on any atom is 0.310 e. The van der Waals surface area contributed by atoms with Crippen LogP contribution in [0.1, 0.15) is 24.8 Å². The predicted molar refractivity (Wildman–Crippen MR) is 130 cm³/mol. The summed E-state index contributed by atoms with van der Waals surface area (Å²) in [7, 11) is 0. The molecule has 0 saturated carbocycles. The van der Waals surface area contributed by atoms with Crippen LogP contribution in [0.25, 0.3) is 0 Å². The van der Waals surface area contributed by atoms with Gasteiger partial charge in [-0.3, -0.25) is 14.4 Å². The fraction of sp³-hybridized carbons (Fsp3) is 0.542. The Morgan fingerprint density at radius 1 is 1.41 bits per heavy atom. The SMILES string of the molecule is C=CCN(C(=O)[C@@H]1N(CCCCO)C(=O)[C@H]2[C@H](C(=O)O)[C@H]3O[C@@]12CC3Br)c1c(C)cccc1Cl. The number of amides is 2. The van der Waals surface area contributed by atoms with Crippen LogP contribution >= 0.6 is 27.5 Å². The number of carbonyl (C=O) groups is 3. The summed E-state index contributed by atoms with van der Waals surface area (Å²) >= 11 is 10.0. The first kappa shape index (κ1) is 25.2. The number of likely N-dealkylation sites (tertiary alicyclic amines) is 1. The summed E-state index contributed by atoms with van der Waals surface area (Å²) in [5, 5.41) is 19.6. The van der Waals surface area contributed by atoms with Crippen LogP contribution in [0.15, 0.2) is 30.9 Å². The molecule has 3 fully saturated rings. The summed E-state index contributed by atoms with van der Waals surface area (Å²) < 4.78 is 6.29. The van der Waals surface area contributed by atoms with Crippen LogP contribution in [0.2, 0.25) is 5.02 Å². The maximum atomic E-state index is 14.3. The van der Waals surface area contributed by atoms with E-state index in [-0.39, 0.29) is 36.3 Å². The van der Waals surface area contributed by atoms with Crippen molar-refractivity contribution in [3.63, 3.8) is 0 Å². The molecule has 2 bridgehead atoms. The van der Waals surface area contributed by atoms with Gasteiger partial charge in [-0.25, -0.2) is 0 Å². The van der Waals surface area contributed by atoms with E-state index in [9.17, 15) is 24.6 Å². The number of aliphatic hydroxyl groups is 1. The number of carboxylic acid groups (broad SMARTS) is 1. The van der Waals surface area contributed by atoms with Gasteiger partial charge in [-0.15, -0.1) is 6.58 Å². The average molecular weight is 556 g/mol. The van der Waals surface area contributed by atoms with Gasteiger partial charge in [0, 0.05) is 24.5 Å². The van der Waals surface area contributed by atoms with Crippen molar-refractivity contribution in [1.29, 1.82) is 0 Å². The second-order valence-electron chi connectivity index (χ2n) is 9.11. The summed E-state index contributed by atoms with van der Waals surface area (Å²) in [5.41, 5.74) is 0.0462. The Kier molecular flexibility index (Phi) is 7.11. The molecule has 1 unspecified atom stereocenters. The lowest BCUT2D eigenvalue weighted by molar-refractivity contribution is -0.149. The molecule has 34 heavy (non-hydrogen) atoms. The molecular formula is C24H28BrClN2O6. The molecule has 10 heteroatoms. The molecule has 4 rings (SSSR count). The number of benzene rings is 1. The predicted octanol–water partition coefficient (Wildman–Crippen LogP) is 2.77. The molecule has 1 spiro atoms. The van der Waals surface area contributed by atoms with Crippen LogP contribution < -0.4 is 4.90 Å². The van der Waals surface area contributed by atoms with Crippen molar-refractivity contribution in [1.82, 2.24) is 4.90 Å². The third kappa shape index (κ3) is 3.77. The van der Waals surface area contributed by atoms with Crippen LogP contribution in [0.3, 0.4) is 0 Å². The number of fused-ring (bicyclic) bond motifs is 1. The van der Waals surface area contributed by atoms with E-state index in [4.69, 9.17) is 16.3 Å². The summed E-state index contributed by atoms with van der Waals surface area (Å²) in [6, 6.07) is 4.31. The molecule has 8 nitrogen and oxygen atoms in total. The van der Waals surface area contributed by atoms with E-state index in [1.165, 1.54) is 9.80 Å². The second-order valence-corrected chi connectivity index (χ2v) is 10.7. The third-order valence-corrected chi connectivity index (χ3v) is 8.30. The zero-order valence-corrected chi connectivity index (χ0v) is 21.2. The number of aliphatic carboxylic acids is 1. The van der Waals surface area contributed by atoms with Crippen LogP contribution in [0, 0.1) is 18.8 Å².